The summed E-state index contributed by atoms with van der Waals surface area (Å²) in [7, 11) is 0. The van der Waals surface area contributed by atoms with E-state index in [1.54, 1.807) is 0 Å². The third-order valence-electron chi connectivity index (χ3n) is 3.59. The van der Waals surface area contributed by atoms with Crippen molar-refractivity contribution in [3.63, 3.8) is 0 Å². The van der Waals surface area contributed by atoms with E-state index < -0.39 is 54.6 Å². The van der Waals surface area contributed by atoms with E-state index >= 15 is 0 Å². The first kappa shape index (κ1) is 24.9. The number of para-hydroxylation sites is 2. The molecule has 0 aromatic heterocycles. The maximum Gasteiger partial charge on any atom is 0.460 e. The van der Waals surface area contributed by atoms with Crippen LogP contribution in [-0.2, 0) is 0 Å². The van der Waals surface area contributed by atoms with Gasteiger partial charge in [-0.3, -0.25) is 0 Å². The van der Waals surface area contributed by atoms with Crippen molar-refractivity contribution < 1.29 is 61.8 Å². The fourth-order valence-electron chi connectivity index (χ4n) is 1.86. The summed E-state index contributed by atoms with van der Waals surface area (Å²) in [5, 5.41) is 0. The van der Waals surface area contributed by atoms with E-state index in [2.05, 4.69) is 4.74 Å². The molecule has 29 heavy (non-hydrogen) atoms. The van der Waals surface area contributed by atoms with Gasteiger partial charge in [0.15, 0.2) is 0 Å². The number of nitrogen functional groups attached to an aromatic ring is 1. The minimum absolute atomic E-state index is 0.218. The molecule has 0 saturated heterocycles. The minimum Gasteiger partial charge on any atom is -0.491 e. The lowest BCUT2D eigenvalue weighted by Crippen LogP contribution is -2.70. The van der Waals surface area contributed by atoms with Gasteiger partial charge in [-0.05, 0) is 12.1 Å². The van der Waals surface area contributed by atoms with Gasteiger partial charge in [-0.25, -0.2) is 0 Å². The Hall–Kier alpha value is -2.09. The predicted octanol–water partition coefficient (Wildman–Crippen LogP) is 5.78. The second kappa shape index (κ2) is 7.31. The van der Waals surface area contributed by atoms with Crippen LogP contribution in [0.1, 0.15) is 6.42 Å². The Bertz CT molecular complexity index is 714. The van der Waals surface area contributed by atoms with Gasteiger partial charge in [-0.2, -0.15) is 57.1 Å². The Morgan fingerprint density at radius 1 is 0.655 bits per heavy atom. The van der Waals surface area contributed by atoms with Crippen LogP contribution < -0.4 is 10.5 Å². The minimum atomic E-state index is -7.91. The summed E-state index contributed by atoms with van der Waals surface area (Å²) in [6.07, 6.45) is -9.88. The van der Waals surface area contributed by atoms with Gasteiger partial charge in [0, 0.05) is 0 Å². The first-order chi connectivity index (χ1) is 12.7. The van der Waals surface area contributed by atoms with E-state index in [-0.39, 0.29) is 5.69 Å². The highest BCUT2D eigenvalue weighted by Crippen LogP contribution is 2.60. The number of halogens is 13. The lowest BCUT2D eigenvalue weighted by atomic mass is 9.93. The SMILES string of the molecule is Nc1ccccc1OCCC(F)(F)C(F)(F)C(F)(F)C(F)(F)C(F)(F)C(F)(F)F. The fourth-order valence-corrected chi connectivity index (χ4v) is 1.86. The Balaban J connectivity index is 3.13. The number of hydrogen-bond donors (Lipinski definition) is 1. The molecule has 0 aliphatic carbocycles. The lowest BCUT2D eigenvalue weighted by molar-refractivity contribution is -0.440. The van der Waals surface area contributed by atoms with Gasteiger partial charge in [-0.15, -0.1) is 0 Å². The van der Waals surface area contributed by atoms with E-state index in [0.717, 1.165) is 12.1 Å². The number of rotatable bonds is 8. The van der Waals surface area contributed by atoms with Gasteiger partial charge in [0.25, 0.3) is 0 Å². The van der Waals surface area contributed by atoms with Crippen molar-refractivity contribution >= 4 is 5.69 Å². The first-order valence-electron chi connectivity index (χ1n) is 7.17. The van der Waals surface area contributed by atoms with Crippen LogP contribution in [0.2, 0.25) is 0 Å². The largest absolute Gasteiger partial charge is 0.491 e. The highest BCUT2D eigenvalue weighted by Gasteiger charge is 2.90. The number of anilines is 1. The Labute approximate surface area is 153 Å². The molecule has 15 heteroatoms. The molecule has 1 aromatic carbocycles. The molecule has 0 amide bonds. The van der Waals surface area contributed by atoms with Gasteiger partial charge < -0.3 is 10.5 Å². The van der Waals surface area contributed by atoms with E-state index in [4.69, 9.17) is 5.73 Å². The second-order valence-corrected chi connectivity index (χ2v) is 5.64. The Kier molecular flexibility index (Phi) is 6.29. The van der Waals surface area contributed by atoms with Crippen molar-refractivity contribution in [2.75, 3.05) is 12.3 Å². The third-order valence-corrected chi connectivity index (χ3v) is 3.59. The smallest absolute Gasteiger partial charge is 0.460 e. The van der Waals surface area contributed by atoms with Crippen LogP contribution in [0.4, 0.5) is 62.8 Å². The summed E-state index contributed by atoms with van der Waals surface area (Å²) in [6.45, 7) is -1.55. The molecule has 1 aromatic rings. The van der Waals surface area contributed by atoms with Crippen molar-refractivity contribution in [1.82, 2.24) is 0 Å². The zero-order chi connectivity index (χ0) is 23.1. The highest BCUT2D eigenvalue weighted by atomic mass is 19.4. The number of hydrogen-bond acceptors (Lipinski definition) is 2. The van der Waals surface area contributed by atoms with Crippen LogP contribution in [0.5, 0.6) is 5.75 Å². The molecule has 0 aliphatic heterocycles. The van der Waals surface area contributed by atoms with Crippen molar-refractivity contribution in [2.45, 2.75) is 42.2 Å². The summed E-state index contributed by atoms with van der Waals surface area (Å²) in [6, 6.07) is 4.73. The molecule has 0 unspecified atom stereocenters. The molecule has 2 N–H and O–H groups in total. The van der Waals surface area contributed by atoms with Gasteiger partial charge in [0.1, 0.15) is 5.75 Å². The summed E-state index contributed by atoms with van der Waals surface area (Å²) in [5.74, 6) is -37.3. The maximum absolute atomic E-state index is 13.5. The Morgan fingerprint density at radius 3 is 1.55 bits per heavy atom. The van der Waals surface area contributed by atoms with Crippen molar-refractivity contribution in [1.29, 1.82) is 0 Å². The molecule has 0 fully saturated rings. The van der Waals surface area contributed by atoms with Gasteiger partial charge in [0.2, 0.25) is 0 Å². The van der Waals surface area contributed by atoms with E-state index in [0.29, 0.717) is 0 Å². The second-order valence-electron chi connectivity index (χ2n) is 5.64. The van der Waals surface area contributed by atoms with Gasteiger partial charge in [0.05, 0.1) is 18.7 Å². The molecule has 0 atom stereocenters. The van der Waals surface area contributed by atoms with E-state index in [9.17, 15) is 57.1 Å². The molecule has 2 nitrogen and oxygen atoms in total. The number of benzene rings is 1. The highest BCUT2D eigenvalue weighted by molar-refractivity contribution is 5.51. The van der Waals surface area contributed by atoms with Crippen molar-refractivity contribution in [3.8, 4) is 5.75 Å². The molecular weight excluding hydrogens is 445 g/mol. The molecule has 168 valence electrons. The molecule has 0 aliphatic rings. The first-order valence-corrected chi connectivity index (χ1v) is 7.17. The molecule has 0 bridgehead atoms. The third kappa shape index (κ3) is 3.99. The zero-order valence-corrected chi connectivity index (χ0v) is 13.6. The van der Waals surface area contributed by atoms with Crippen LogP contribution in [-0.4, -0.2) is 42.4 Å². The molecule has 0 heterocycles. The lowest BCUT2D eigenvalue weighted by Gasteiger charge is -2.39. The number of nitrogens with two attached hydrogens (primary N) is 1. The van der Waals surface area contributed by atoms with Crippen LogP contribution in [0, 0.1) is 0 Å². The standard InChI is InChI=1S/C14H10F13NO/c15-9(16,5-6-29-8-4-2-1-3-7(8)28)10(17,18)11(19,20)12(21,22)13(23,24)14(25,26)27/h1-4H,5-6,28H2. The summed E-state index contributed by atoms with van der Waals surface area (Å²) in [4.78, 5) is 0. The molecule has 0 spiro atoms. The predicted molar refractivity (Wildman–Crippen MR) is 71.8 cm³/mol. The van der Waals surface area contributed by atoms with Crippen LogP contribution in [0.25, 0.3) is 0 Å². The quantitative estimate of drug-likeness (QED) is 0.399. The number of ether oxygens (including phenoxy) is 1. The average molecular weight is 455 g/mol. The van der Waals surface area contributed by atoms with Crippen LogP contribution >= 0.6 is 0 Å². The fraction of sp³-hybridized carbons (Fsp3) is 0.571. The van der Waals surface area contributed by atoms with Gasteiger partial charge in [-0.1, -0.05) is 12.1 Å². The maximum atomic E-state index is 13.5. The molecule has 0 radical (unpaired) electrons. The van der Waals surface area contributed by atoms with Gasteiger partial charge >= 0.3 is 35.8 Å². The monoisotopic (exact) mass is 455 g/mol. The average Bonchev–Trinajstić information content (AvgIpc) is 2.54. The Morgan fingerprint density at radius 2 is 1.10 bits per heavy atom. The van der Waals surface area contributed by atoms with Crippen molar-refractivity contribution in [3.05, 3.63) is 24.3 Å². The van der Waals surface area contributed by atoms with Crippen LogP contribution in [0.15, 0.2) is 24.3 Å². The van der Waals surface area contributed by atoms with Crippen molar-refractivity contribution in [2.24, 2.45) is 0 Å². The normalized spacial score (nSPS) is 14.8. The molecule has 1 rings (SSSR count). The molecule has 0 saturated carbocycles. The van der Waals surface area contributed by atoms with Crippen LogP contribution in [0.3, 0.4) is 0 Å². The number of alkyl halides is 13. The summed E-state index contributed by atoms with van der Waals surface area (Å²) >= 11 is 0. The summed E-state index contributed by atoms with van der Waals surface area (Å²) in [5.41, 5.74) is 5.08. The zero-order valence-electron chi connectivity index (χ0n) is 13.6. The summed E-state index contributed by atoms with van der Waals surface area (Å²) < 4.78 is 172. The van der Waals surface area contributed by atoms with E-state index in [1.165, 1.54) is 12.1 Å². The molecular formula is C14H10F13NO. The topological polar surface area (TPSA) is 35.2 Å². The van der Waals surface area contributed by atoms with E-state index in [1.807, 2.05) is 0 Å².